The van der Waals surface area contributed by atoms with E-state index in [1.807, 2.05) is 20.8 Å². The van der Waals surface area contributed by atoms with Crippen molar-refractivity contribution in [3.8, 4) is 0 Å². The van der Waals surface area contributed by atoms with Crippen molar-refractivity contribution < 1.29 is 14.3 Å². The third kappa shape index (κ3) is 6.36. The van der Waals surface area contributed by atoms with Crippen LogP contribution < -0.4 is 5.73 Å². The van der Waals surface area contributed by atoms with Gasteiger partial charge in [0.05, 0.1) is 6.61 Å². The third-order valence-corrected chi connectivity index (χ3v) is 5.25. The van der Waals surface area contributed by atoms with Gasteiger partial charge < -0.3 is 20.1 Å². The number of ether oxygens (including phenoxy) is 2. The van der Waals surface area contributed by atoms with Crippen LogP contribution >= 0.6 is 0 Å². The number of nitrogens with two attached hydrogens (primary N) is 1. The Hall–Kier alpha value is -0.593. The third-order valence-electron chi connectivity index (χ3n) is 3.54. The van der Waals surface area contributed by atoms with Crippen LogP contribution in [0, 0.1) is 5.41 Å². The molecule has 1 rings (SSSR count). The first-order valence-corrected chi connectivity index (χ1v) is 11.4. The SMILES string of the molecule is CC(C)(C)OC(=O)N1CC(CN)(COCC[Si](C)(C)C)C1. The molecule has 1 aliphatic rings. The first-order valence-electron chi connectivity index (χ1n) is 7.72. The van der Waals surface area contributed by atoms with Crippen LogP contribution in [0.4, 0.5) is 4.79 Å². The van der Waals surface area contributed by atoms with Crippen molar-refractivity contribution in [3.05, 3.63) is 0 Å². The standard InChI is InChI=1S/C15H32N2O3Si/c1-14(2,3)20-13(18)17-10-15(9-16,11-17)12-19-7-8-21(4,5)6/h7-12,16H2,1-6H3. The molecule has 21 heavy (non-hydrogen) atoms. The Balaban J connectivity index is 2.33. The lowest BCUT2D eigenvalue weighted by molar-refractivity contribution is -0.0658. The maximum absolute atomic E-state index is 11.9. The Labute approximate surface area is 130 Å². The van der Waals surface area contributed by atoms with Crippen molar-refractivity contribution in [2.45, 2.75) is 52.1 Å². The molecular formula is C15H32N2O3Si. The van der Waals surface area contributed by atoms with Gasteiger partial charge in [-0.3, -0.25) is 0 Å². The highest BCUT2D eigenvalue weighted by atomic mass is 28.3. The summed E-state index contributed by atoms with van der Waals surface area (Å²) in [7, 11) is -1.05. The van der Waals surface area contributed by atoms with Gasteiger partial charge in [-0.2, -0.15) is 0 Å². The molecule has 1 fully saturated rings. The lowest BCUT2D eigenvalue weighted by Gasteiger charge is -2.49. The summed E-state index contributed by atoms with van der Waals surface area (Å²) < 4.78 is 11.2. The molecule has 2 N–H and O–H groups in total. The van der Waals surface area contributed by atoms with E-state index >= 15 is 0 Å². The zero-order valence-corrected chi connectivity index (χ0v) is 15.5. The van der Waals surface area contributed by atoms with Crippen molar-refractivity contribution in [2.75, 3.05) is 32.8 Å². The molecule has 0 atom stereocenters. The van der Waals surface area contributed by atoms with Crippen molar-refractivity contribution in [3.63, 3.8) is 0 Å². The molecule has 1 amide bonds. The lowest BCUT2D eigenvalue weighted by Crippen LogP contribution is -2.64. The quantitative estimate of drug-likeness (QED) is 0.604. The molecule has 0 aliphatic carbocycles. The molecule has 124 valence electrons. The fourth-order valence-electron chi connectivity index (χ4n) is 2.17. The Morgan fingerprint density at radius 3 is 2.29 bits per heavy atom. The second kappa shape index (κ2) is 6.67. The van der Waals surface area contributed by atoms with Crippen LogP contribution in [0.3, 0.4) is 0 Å². The zero-order chi connectivity index (χ0) is 16.3. The van der Waals surface area contributed by atoms with E-state index in [4.69, 9.17) is 15.2 Å². The minimum atomic E-state index is -1.05. The van der Waals surface area contributed by atoms with E-state index in [9.17, 15) is 4.79 Å². The molecule has 0 spiro atoms. The monoisotopic (exact) mass is 316 g/mol. The summed E-state index contributed by atoms with van der Waals surface area (Å²) in [6.07, 6.45) is -0.256. The van der Waals surface area contributed by atoms with E-state index in [0.29, 0.717) is 26.2 Å². The van der Waals surface area contributed by atoms with Crippen LogP contribution in [0.25, 0.3) is 0 Å². The van der Waals surface area contributed by atoms with Crippen molar-refractivity contribution in [1.29, 1.82) is 0 Å². The van der Waals surface area contributed by atoms with Crippen LogP contribution in [0.2, 0.25) is 25.7 Å². The number of carbonyl (C=O) groups excluding carboxylic acids is 1. The summed E-state index contributed by atoms with van der Waals surface area (Å²) >= 11 is 0. The van der Waals surface area contributed by atoms with Gasteiger partial charge in [0.1, 0.15) is 5.60 Å². The smallest absolute Gasteiger partial charge is 0.410 e. The number of carbonyl (C=O) groups is 1. The van der Waals surface area contributed by atoms with Gasteiger partial charge in [0, 0.05) is 39.7 Å². The van der Waals surface area contributed by atoms with E-state index in [2.05, 4.69) is 19.6 Å². The Morgan fingerprint density at radius 1 is 1.29 bits per heavy atom. The van der Waals surface area contributed by atoms with Gasteiger partial charge in [-0.15, -0.1) is 0 Å². The largest absolute Gasteiger partial charge is 0.444 e. The van der Waals surface area contributed by atoms with Crippen molar-refractivity contribution >= 4 is 14.2 Å². The van der Waals surface area contributed by atoms with Gasteiger partial charge in [0.15, 0.2) is 0 Å². The topological polar surface area (TPSA) is 64.8 Å². The predicted molar refractivity (Wildman–Crippen MR) is 88.3 cm³/mol. The van der Waals surface area contributed by atoms with Crippen LogP contribution in [0.5, 0.6) is 0 Å². The molecule has 0 saturated carbocycles. The summed E-state index contributed by atoms with van der Waals surface area (Å²) in [5.41, 5.74) is 5.34. The fraction of sp³-hybridized carbons (Fsp3) is 0.933. The maximum Gasteiger partial charge on any atom is 0.410 e. The van der Waals surface area contributed by atoms with Gasteiger partial charge in [-0.25, -0.2) is 4.79 Å². The van der Waals surface area contributed by atoms with Crippen LogP contribution in [0.1, 0.15) is 20.8 Å². The van der Waals surface area contributed by atoms with Crippen molar-refractivity contribution in [1.82, 2.24) is 4.90 Å². The van der Waals surface area contributed by atoms with Crippen LogP contribution in [-0.4, -0.2) is 57.5 Å². The Kier molecular flexibility index (Phi) is 5.86. The van der Waals surface area contributed by atoms with Crippen LogP contribution in [-0.2, 0) is 9.47 Å². The number of nitrogens with zero attached hydrogens (tertiary/aromatic N) is 1. The summed E-state index contributed by atoms with van der Waals surface area (Å²) in [6.45, 7) is 15.9. The van der Waals surface area contributed by atoms with E-state index < -0.39 is 13.7 Å². The van der Waals surface area contributed by atoms with E-state index in [1.54, 1.807) is 4.90 Å². The van der Waals surface area contributed by atoms with E-state index in [1.165, 1.54) is 0 Å². The highest BCUT2D eigenvalue weighted by Gasteiger charge is 2.45. The molecule has 0 unspecified atom stereocenters. The molecule has 1 aliphatic heterocycles. The van der Waals surface area contributed by atoms with E-state index in [0.717, 1.165) is 12.7 Å². The molecule has 0 aromatic heterocycles. The number of hydrogen-bond acceptors (Lipinski definition) is 4. The molecule has 0 aromatic rings. The first-order chi connectivity index (χ1) is 9.46. The zero-order valence-electron chi connectivity index (χ0n) is 14.5. The second-order valence-corrected chi connectivity index (χ2v) is 14.0. The summed E-state index contributed by atoms with van der Waals surface area (Å²) in [4.78, 5) is 13.6. The van der Waals surface area contributed by atoms with Crippen LogP contribution in [0.15, 0.2) is 0 Å². The maximum atomic E-state index is 11.9. The molecule has 0 bridgehead atoms. The molecular weight excluding hydrogens is 284 g/mol. The summed E-state index contributed by atoms with van der Waals surface area (Å²) in [5.74, 6) is 0. The normalized spacial score (nSPS) is 18.3. The average molecular weight is 317 g/mol. The number of likely N-dealkylation sites (tertiary alicyclic amines) is 1. The first kappa shape index (κ1) is 18.5. The number of rotatable bonds is 6. The van der Waals surface area contributed by atoms with Gasteiger partial charge in [0.2, 0.25) is 0 Å². The van der Waals surface area contributed by atoms with Crippen molar-refractivity contribution in [2.24, 2.45) is 11.1 Å². The molecule has 5 nitrogen and oxygen atoms in total. The summed E-state index contributed by atoms with van der Waals surface area (Å²) in [6, 6.07) is 1.16. The summed E-state index contributed by atoms with van der Waals surface area (Å²) in [5, 5.41) is 0. The number of amides is 1. The predicted octanol–water partition coefficient (Wildman–Crippen LogP) is 2.54. The van der Waals surface area contributed by atoms with Gasteiger partial charge >= 0.3 is 6.09 Å². The molecule has 1 saturated heterocycles. The van der Waals surface area contributed by atoms with Gasteiger partial charge in [0.25, 0.3) is 0 Å². The fourth-order valence-corrected chi connectivity index (χ4v) is 2.92. The Morgan fingerprint density at radius 2 is 1.86 bits per heavy atom. The second-order valence-electron chi connectivity index (χ2n) is 8.40. The minimum Gasteiger partial charge on any atom is -0.444 e. The van der Waals surface area contributed by atoms with E-state index in [-0.39, 0.29) is 11.5 Å². The highest BCUT2D eigenvalue weighted by molar-refractivity contribution is 6.76. The lowest BCUT2D eigenvalue weighted by atomic mass is 9.81. The molecule has 0 radical (unpaired) electrons. The average Bonchev–Trinajstić information content (AvgIpc) is 2.22. The van der Waals surface area contributed by atoms with Gasteiger partial charge in [-0.05, 0) is 26.8 Å². The van der Waals surface area contributed by atoms with Gasteiger partial charge in [-0.1, -0.05) is 19.6 Å². The molecule has 0 aromatic carbocycles. The number of hydrogen-bond donors (Lipinski definition) is 1. The minimum absolute atomic E-state index is 0.0870. The molecule has 6 heteroatoms. The molecule has 1 heterocycles. The Bertz CT molecular complexity index is 355. The highest BCUT2D eigenvalue weighted by Crippen LogP contribution is 2.31.